The highest BCUT2D eigenvalue weighted by molar-refractivity contribution is 5.04. The Hall–Kier alpha value is -0.960. The molecule has 1 heterocycles. The van der Waals surface area contributed by atoms with Crippen LogP contribution in [0.2, 0.25) is 0 Å². The molecule has 0 saturated carbocycles. The number of rotatable bonds is 6. The topological polar surface area (TPSA) is 37.8 Å². The van der Waals surface area contributed by atoms with Gasteiger partial charge >= 0.3 is 0 Å². The fourth-order valence-electron chi connectivity index (χ4n) is 1.68. The van der Waals surface area contributed by atoms with E-state index in [9.17, 15) is 0 Å². The molecular weight excluding hydrogens is 198 g/mol. The molecular formula is C13H23N3. The van der Waals surface area contributed by atoms with E-state index in [2.05, 4.69) is 36.1 Å². The lowest BCUT2D eigenvalue weighted by molar-refractivity contribution is 0.395. The van der Waals surface area contributed by atoms with Crippen LogP contribution in [0.15, 0.2) is 12.4 Å². The van der Waals surface area contributed by atoms with E-state index in [1.165, 1.54) is 6.42 Å². The molecule has 1 N–H and O–H groups in total. The molecule has 0 saturated heterocycles. The summed E-state index contributed by atoms with van der Waals surface area (Å²) in [5.74, 6) is 1.63. The van der Waals surface area contributed by atoms with Crippen molar-refractivity contribution in [1.82, 2.24) is 15.3 Å². The number of hydrogen-bond donors (Lipinski definition) is 1. The van der Waals surface area contributed by atoms with Crippen LogP contribution in [0, 0.1) is 12.8 Å². The molecule has 0 amide bonds. The molecule has 2 atom stereocenters. The number of aryl methyl sites for hydroxylation is 1. The van der Waals surface area contributed by atoms with Crippen LogP contribution in [0.5, 0.6) is 0 Å². The highest BCUT2D eigenvalue weighted by Crippen LogP contribution is 2.20. The Balaban J connectivity index is 2.72. The summed E-state index contributed by atoms with van der Waals surface area (Å²) in [5.41, 5.74) is 1.11. The minimum absolute atomic E-state index is 0.292. The van der Waals surface area contributed by atoms with E-state index < -0.39 is 0 Å². The lowest BCUT2D eigenvalue weighted by Crippen LogP contribution is -2.24. The highest BCUT2D eigenvalue weighted by atomic mass is 15.0. The Bertz CT molecular complexity index is 295. The van der Waals surface area contributed by atoms with Gasteiger partial charge in [0.1, 0.15) is 5.82 Å². The lowest BCUT2D eigenvalue weighted by Gasteiger charge is -2.19. The molecule has 1 aromatic rings. The summed E-state index contributed by atoms with van der Waals surface area (Å²) in [6.07, 6.45) is 6.09. The monoisotopic (exact) mass is 221 g/mol. The normalized spacial score (nSPS) is 14.8. The van der Waals surface area contributed by atoms with Gasteiger partial charge in [-0.15, -0.1) is 0 Å². The van der Waals surface area contributed by atoms with E-state index in [1.807, 2.05) is 19.3 Å². The van der Waals surface area contributed by atoms with Gasteiger partial charge in [0, 0.05) is 12.4 Å². The van der Waals surface area contributed by atoms with E-state index in [1.54, 1.807) is 0 Å². The molecule has 0 bridgehead atoms. The molecule has 90 valence electrons. The largest absolute Gasteiger partial charge is 0.308 e. The van der Waals surface area contributed by atoms with Crippen LogP contribution in [0.1, 0.15) is 51.0 Å². The molecule has 0 aromatic carbocycles. The van der Waals surface area contributed by atoms with E-state index >= 15 is 0 Å². The average molecular weight is 221 g/mol. The predicted molar refractivity (Wildman–Crippen MR) is 67.3 cm³/mol. The summed E-state index contributed by atoms with van der Waals surface area (Å²) in [5, 5.41) is 3.46. The minimum atomic E-state index is 0.292. The molecule has 0 aliphatic rings. The zero-order chi connectivity index (χ0) is 12.0. The molecule has 1 aromatic heterocycles. The zero-order valence-electron chi connectivity index (χ0n) is 10.8. The summed E-state index contributed by atoms with van der Waals surface area (Å²) < 4.78 is 0. The first-order valence-electron chi connectivity index (χ1n) is 6.19. The van der Waals surface area contributed by atoms with Crippen molar-refractivity contribution >= 4 is 0 Å². The Morgan fingerprint density at radius 2 is 1.88 bits per heavy atom. The Morgan fingerprint density at radius 3 is 2.38 bits per heavy atom. The maximum absolute atomic E-state index is 4.41. The number of nitrogens with one attached hydrogen (secondary N) is 1. The first-order valence-corrected chi connectivity index (χ1v) is 6.19. The standard InChI is InChI=1S/C13H23N3/c1-5-10(3)7-12(14-6-2)13-15-8-11(4)9-16-13/h8-10,12,14H,5-7H2,1-4H3. The lowest BCUT2D eigenvalue weighted by atomic mass is 9.99. The Kier molecular flexibility index (Phi) is 5.39. The molecule has 3 heteroatoms. The average Bonchev–Trinajstić information content (AvgIpc) is 2.29. The van der Waals surface area contributed by atoms with Crippen LogP contribution in [0.3, 0.4) is 0 Å². The third-order valence-corrected chi connectivity index (χ3v) is 2.90. The second kappa shape index (κ2) is 6.59. The van der Waals surface area contributed by atoms with E-state index in [4.69, 9.17) is 0 Å². The molecule has 3 nitrogen and oxygen atoms in total. The molecule has 0 fully saturated rings. The van der Waals surface area contributed by atoms with Crippen LogP contribution >= 0.6 is 0 Å². The van der Waals surface area contributed by atoms with Gasteiger partial charge in [-0.3, -0.25) is 0 Å². The van der Waals surface area contributed by atoms with Gasteiger partial charge in [-0.25, -0.2) is 9.97 Å². The van der Waals surface area contributed by atoms with Crippen LogP contribution in [-0.2, 0) is 0 Å². The fourth-order valence-corrected chi connectivity index (χ4v) is 1.68. The maximum Gasteiger partial charge on any atom is 0.145 e. The Labute approximate surface area is 98.7 Å². The molecule has 0 radical (unpaired) electrons. The summed E-state index contributed by atoms with van der Waals surface area (Å²) in [4.78, 5) is 8.82. The van der Waals surface area contributed by atoms with Crippen molar-refractivity contribution < 1.29 is 0 Å². The highest BCUT2D eigenvalue weighted by Gasteiger charge is 2.15. The van der Waals surface area contributed by atoms with Crippen molar-refractivity contribution in [3.8, 4) is 0 Å². The number of nitrogens with zero attached hydrogens (tertiary/aromatic N) is 2. The molecule has 1 rings (SSSR count). The van der Waals surface area contributed by atoms with Crippen molar-refractivity contribution in [2.24, 2.45) is 5.92 Å². The van der Waals surface area contributed by atoms with E-state index in [0.29, 0.717) is 12.0 Å². The minimum Gasteiger partial charge on any atom is -0.308 e. The summed E-state index contributed by atoms with van der Waals surface area (Å²) in [6, 6.07) is 0.292. The van der Waals surface area contributed by atoms with Crippen LogP contribution in [0.4, 0.5) is 0 Å². The Morgan fingerprint density at radius 1 is 1.25 bits per heavy atom. The summed E-state index contributed by atoms with van der Waals surface area (Å²) in [6.45, 7) is 9.60. The van der Waals surface area contributed by atoms with Crippen molar-refractivity contribution in [3.05, 3.63) is 23.8 Å². The maximum atomic E-state index is 4.41. The molecule has 0 spiro atoms. The first kappa shape index (κ1) is 13.1. The summed E-state index contributed by atoms with van der Waals surface area (Å²) in [7, 11) is 0. The van der Waals surface area contributed by atoms with Crippen molar-refractivity contribution in [2.75, 3.05) is 6.54 Å². The molecule has 2 unspecified atom stereocenters. The van der Waals surface area contributed by atoms with Crippen LogP contribution in [-0.4, -0.2) is 16.5 Å². The predicted octanol–water partition coefficient (Wildman–Crippen LogP) is 2.87. The molecule has 16 heavy (non-hydrogen) atoms. The van der Waals surface area contributed by atoms with Gasteiger partial charge in [0.15, 0.2) is 0 Å². The van der Waals surface area contributed by atoms with E-state index in [0.717, 1.165) is 24.4 Å². The molecule has 0 aliphatic carbocycles. The third kappa shape index (κ3) is 3.89. The number of aromatic nitrogens is 2. The van der Waals surface area contributed by atoms with Gasteiger partial charge in [-0.2, -0.15) is 0 Å². The quantitative estimate of drug-likeness (QED) is 0.802. The second-order valence-corrected chi connectivity index (χ2v) is 4.48. The van der Waals surface area contributed by atoms with Gasteiger partial charge in [-0.1, -0.05) is 27.2 Å². The number of hydrogen-bond acceptors (Lipinski definition) is 3. The van der Waals surface area contributed by atoms with Crippen molar-refractivity contribution in [1.29, 1.82) is 0 Å². The van der Waals surface area contributed by atoms with E-state index in [-0.39, 0.29) is 0 Å². The van der Waals surface area contributed by atoms with Gasteiger partial charge in [0.2, 0.25) is 0 Å². The van der Waals surface area contributed by atoms with Crippen LogP contribution in [0.25, 0.3) is 0 Å². The van der Waals surface area contributed by atoms with Gasteiger partial charge in [0.25, 0.3) is 0 Å². The third-order valence-electron chi connectivity index (χ3n) is 2.90. The summed E-state index contributed by atoms with van der Waals surface area (Å²) >= 11 is 0. The second-order valence-electron chi connectivity index (χ2n) is 4.48. The smallest absolute Gasteiger partial charge is 0.145 e. The zero-order valence-corrected chi connectivity index (χ0v) is 10.8. The molecule has 0 aliphatic heterocycles. The van der Waals surface area contributed by atoms with Gasteiger partial charge in [-0.05, 0) is 31.4 Å². The van der Waals surface area contributed by atoms with Gasteiger partial charge < -0.3 is 5.32 Å². The fraction of sp³-hybridized carbons (Fsp3) is 0.692. The van der Waals surface area contributed by atoms with Crippen LogP contribution < -0.4 is 5.32 Å². The SMILES string of the molecule is CCNC(CC(C)CC)c1ncc(C)cn1. The first-order chi connectivity index (χ1) is 7.67. The van der Waals surface area contributed by atoms with Gasteiger partial charge in [0.05, 0.1) is 6.04 Å². The van der Waals surface area contributed by atoms with Crippen molar-refractivity contribution in [2.45, 2.75) is 46.6 Å². The van der Waals surface area contributed by atoms with Crippen molar-refractivity contribution in [3.63, 3.8) is 0 Å².